The Morgan fingerprint density at radius 3 is 2.40 bits per heavy atom. The van der Waals surface area contributed by atoms with Crippen LogP contribution in [0.4, 0.5) is 0 Å². The van der Waals surface area contributed by atoms with Gasteiger partial charge in [0.1, 0.15) is 4.90 Å². The molecule has 0 fully saturated rings. The number of aromatic nitrogens is 2. The molecule has 0 spiro atoms. The first-order chi connectivity index (χ1) is 4.61. The van der Waals surface area contributed by atoms with Crippen LogP contribution in [0, 0.1) is 0 Å². The van der Waals surface area contributed by atoms with Crippen LogP contribution in [-0.2, 0) is 10.1 Å². The topological polar surface area (TPSA) is 80.2 Å². The molecule has 0 unspecified atom stereocenters. The SMILES string of the molecule is O=S(=O)(O)c1ccnnc1. The summed E-state index contributed by atoms with van der Waals surface area (Å²) < 4.78 is 29.0. The highest BCUT2D eigenvalue weighted by Gasteiger charge is 2.07. The maximum Gasteiger partial charge on any atom is 0.296 e. The van der Waals surface area contributed by atoms with Crippen LogP contribution < -0.4 is 0 Å². The summed E-state index contributed by atoms with van der Waals surface area (Å²) in [5.74, 6) is 0. The van der Waals surface area contributed by atoms with E-state index in [0.717, 1.165) is 12.3 Å². The van der Waals surface area contributed by atoms with Crippen molar-refractivity contribution in [1.29, 1.82) is 0 Å². The standard InChI is InChI=1S/C4H4N2O3S/c7-10(8,9)4-1-2-5-6-3-4/h1-3H,(H,7,8,9). The summed E-state index contributed by atoms with van der Waals surface area (Å²) >= 11 is 0. The maximum absolute atomic E-state index is 10.3. The van der Waals surface area contributed by atoms with Gasteiger partial charge in [0.2, 0.25) is 0 Å². The minimum absolute atomic E-state index is 0.248. The average molecular weight is 160 g/mol. The van der Waals surface area contributed by atoms with Crippen LogP contribution in [0.5, 0.6) is 0 Å². The van der Waals surface area contributed by atoms with Gasteiger partial charge in [-0.15, -0.1) is 0 Å². The minimum atomic E-state index is -4.11. The molecule has 0 aliphatic rings. The zero-order chi connectivity index (χ0) is 7.61. The second-order valence-electron chi connectivity index (χ2n) is 1.55. The third-order valence-electron chi connectivity index (χ3n) is 0.855. The van der Waals surface area contributed by atoms with E-state index in [2.05, 4.69) is 10.2 Å². The van der Waals surface area contributed by atoms with Gasteiger partial charge in [-0.3, -0.25) is 4.55 Å². The molecule has 1 aromatic rings. The molecule has 1 heterocycles. The Labute approximate surface area is 57.5 Å². The fraction of sp³-hybridized carbons (Fsp3) is 0. The van der Waals surface area contributed by atoms with E-state index in [-0.39, 0.29) is 4.90 Å². The van der Waals surface area contributed by atoms with Crippen molar-refractivity contribution in [2.45, 2.75) is 4.90 Å². The Balaban J connectivity index is 3.22. The van der Waals surface area contributed by atoms with Crippen LogP contribution in [0.1, 0.15) is 0 Å². The van der Waals surface area contributed by atoms with E-state index in [4.69, 9.17) is 4.55 Å². The lowest BCUT2D eigenvalue weighted by Gasteiger charge is -1.90. The summed E-state index contributed by atoms with van der Waals surface area (Å²) in [7, 11) is -4.11. The van der Waals surface area contributed by atoms with E-state index in [1.165, 1.54) is 6.20 Å². The van der Waals surface area contributed by atoms with Gasteiger partial charge in [-0.25, -0.2) is 0 Å². The lowest BCUT2D eigenvalue weighted by Crippen LogP contribution is -1.98. The minimum Gasteiger partial charge on any atom is -0.282 e. The van der Waals surface area contributed by atoms with E-state index in [1.807, 2.05) is 0 Å². The van der Waals surface area contributed by atoms with Crippen molar-refractivity contribution in [2.75, 3.05) is 0 Å². The predicted octanol–water partition coefficient (Wildman–Crippen LogP) is -0.277. The molecular weight excluding hydrogens is 156 g/mol. The van der Waals surface area contributed by atoms with Gasteiger partial charge in [0, 0.05) is 0 Å². The predicted molar refractivity (Wildman–Crippen MR) is 31.8 cm³/mol. The molecule has 0 bridgehead atoms. The zero-order valence-corrected chi connectivity index (χ0v) is 5.61. The van der Waals surface area contributed by atoms with Crippen LogP contribution >= 0.6 is 0 Å². The third kappa shape index (κ3) is 1.49. The first kappa shape index (κ1) is 7.10. The van der Waals surface area contributed by atoms with Crippen LogP contribution in [-0.4, -0.2) is 23.2 Å². The van der Waals surface area contributed by atoms with Crippen molar-refractivity contribution < 1.29 is 13.0 Å². The summed E-state index contributed by atoms with van der Waals surface area (Å²) in [6, 6.07) is 1.16. The Hall–Kier alpha value is -1.01. The van der Waals surface area contributed by atoms with Crippen LogP contribution in [0.15, 0.2) is 23.4 Å². The van der Waals surface area contributed by atoms with Gasteiger partial charge in [0.25, 0.3) is 10.1 Å². The van der Waals surface area contributed by atoms with E-state index in [0.29, 0.717) is 0 Å². The average Bonchev–Trinajstić information content (AvgIpc) is 1.88. The summed E-state index contributed by atoms with van der Waals surface area (Å²) in [6.07, 6.45) is 2.15. The molecule has 1 aromatic heterocycles. The molecule has 1 rings (SSSR count). The van der Waals surface area contributed by atoms with Crippen molar-refractivity contribution in [3.05, 3.63) is 18.5 Å². The molecule has 6 heteroatoms. The van der Waals surface area contributed by atoms with E-state index in [9.17, 15) is 8.42 Å². The van der Waals surface area contributed by atoms with Crippen molar-refractivity contribution >= 4 is 10.1 Å². The second kappa shape index (κ2) is 2.31. The Morgan fingerprint density at radius 1 is 1.40 bits per heavy atom. The first-order valence-electron chi connectivity index (χ1n) is 2.35. The second-order valence-corrected chi connectivity index (χ2v) is 2.97. The summed E-state index contributed by atoms with van der Waals surface area (Å²) in [5.41, 5.74) is 0. The monoisotopic (exact) mass is 160 g/mol. The number of nitrogens with zero attached hydrogens (tertiary/aromatic N) is 2. The summed E-state index contributed by atoms with van der Waals surface area (Å²) in [5, 5.41) is 6.60. The summed E-state index contributed by atoms with van der Waals surface area (Å²) in [6.45, 7) is 0. The summed E-state index contributed by atoms with van der Waals surface area (Å²) in [4.78, 5) is -0.248. The van der Waals surface area contributed by atoms with Gasteiger partial charge in [-0.05, 0) is 6.07 Å². The number of hydrogen-bond donors (Lipinski definition) is 1. The molecule has 1 N–H and O–H groups in total. The molecule has 0 radical (unpaired) electrons. The Bertz CT molecular complexity index is 307. The van der Waals surface area contributed by atoms with Gasteiger partial charge < -0.3 is 0 Å². The Kier molecular flexibility index (Phi) is 1.64. The Morgan fingerprint density at radius 2 is 2.10 bits per heavy atom. The quantitative estimate of drug-likeness (QED) is 0.571. The first-order valence-corrected chi connectivity index (χ1v) is 3.79. The van der Waals surface area contributed by atoms with Gasteiger partial charge in [0.05, 0.1) is 12.4 Å². The van der Waals surface area contributed by atoms with Crippen molar-refractivity contribution in [2.24, 2.45) is 0 Å². The smallest absolute Gasteiger partial charge is 0.282 e. The van der Waals surface area contributed by atoms with Crippen LogP contribution in [0.2, 0.25) is 0 Å². The molecule has 10 heavy (non-hydrogen) atoms. The fourth-order valence-electron chi connectivity index (χ4n) is 0.431. The molecule has 0 atom stereocenters. The van der Waals surface area contributed by atoms with Crippen molar-refractivity contribution in [1.82, 2.24) is 10.2 Å². The number of rotatable bonds is 1. The van der Waals surface area contributed by atoms with E-state index >= 15 is 0 Å². The highest BCUT2D eigenvalue weighted by molar-refractivity contribution is 7.85. The molecule has 0 saturated carbocycles. The molecule has 0 aromatic carbocycles. The molecule has 0 saturated heterocycles. The van der Waals surface area contributed by atoms with Gasteiger partial charge in [-0.2, -0.15) is 18.6 Å². The lowest BCUT2D eigenvalue weighted by atomic mass is 10.6. The molecule has 5 nitrogen and oxygen atoms in total. The van der Waals surface area contributed by atoms with Crippen LogP contribution in [0.3, 0.4) is 0 Å². The zero-order valence-electron chi connectivity index (χ0n) is 4.80. The van der Waals surface area contributed by atoms with E-state index in [1.54, 1.807) is 0 Å². The normalized spacial score (nSPS) is 11.3. The molecular formula is C4H4N2O3S. The molecule has 0 amide bonds. The van der Waals surface area contributed by atoms with E-state index < -0.39 is 10.1 Å². The van der Waals surface area contributed by atoms with Gasteiger partial charge >= 0.3 is 0 Å². The van der Waals surface area contributed by atoms with Crippen LogP contribution in [0.25, 0.3) is 0 Å². The highest BCUT2D eigenvalue weighted by atomic mass is 32.2. The van der Waals surface area contributed by atoms with Crippen molar-refractivity contribution in [3.8, 4) is 0 Å². The lowest BCUT2D eigenvalue weighted by molar-refractivity contribution is 0.482. The fourth-order valence-corrected chi connectivity index (χ4v) is 0.844. The highest BCUT2D eigenvalue weighted by Crippen LogP contribution is 2.01. The molecule has 54 valence electrons. The van der Waals surface area contributed by atoms with Gasteiger partial charge in [0.15, 0.2) is 0 Å². The number of hydrogen-bond acceptors (Lipinski definition) is 4. The largest absolute Gasteiger partial charge is 0.296 e. The molecule has 0 aliphatic carbocycles. The van der Waals surface area contributed by atoms with Crippen molar-refractivity contribution in [3.63, 3.8) is 0 Å². The third-order valence-corrected chi connectivity index (χ3v) is 1.69. The van der Waals surface area contributed by atoms with Gasteiger partial charge in [-0.1, -0.05) is 0 Å². The molecule has 0 aliphatic heterocycles. The maximum atomic E-state index is 10.3.